The van der Waals surface area contributed by atoms with E-state index in [-0.39, 0.29) is 6.04 Å². The highest BCUT2D eigenvalue weighted by Crippen LogP contribution is 2.26. The lowest BCUT2D eigenvalue weighted by Crippen LogP contribution is -2.33. The molecule has 0 fully saturated rings. The van der Waals surface area contributed by atoms with E-state index in [1.807, 2.05) is 6.07 Å². The smallest absolute Gasteiger partial charge is 0.153 e. The van der Waals surface area contributed by atoms with Crippen LogP contribution in [0.3, 0.4) is 0 Å². The van der Waals surface area contributed by atoms with E-state index in [4.69, 9.17) is 10.1 Å². The van der Waals surface area contributed by atoms with Crippen LogP contribution in [0.4, 0.5) is 0 Å². The van der Waals surface area contributed by atoms with Gasteiger partial charge in [0.25, 0.3) is 0 Å². The van der Waals surface area contributed by atoms with Crippen LogP contribution >= 0.6 is 0 Å². The molecule has 25 heavy (non-hydrogen) atoms. The number of rotatable bonds is 5. The lowest BCUT2D eigenvalue weighted by molar-refractivity contribution is 0.482. The van der Waals surface area contributed by atoms with Crippen LogP contribution in [0.1, 0.15) is 54.4 Å². The van der Waals surface area contributed by atoms with Crippen LogP contribution in [0, 0.1) is 0 Å². The third kappa shape index (κ3) is 3.22. The van der Waals surface area contributed by atoms with Gasteiger partial charge in [0.15, 0.2) is 11.6 Å². The first-order valence-corrected chi connectivity index (χ1v) is 8.96. The van der Waals surface area contributed by atoms with Crippen molar-refractivity contribution in [3.05, 3.63) is 65.3 Å². The van der Waals surface area contributed by atoms with E-state index in [1.54, 1.807) is 6.33 Å². The lowest BCUT2D eigenvalue weighted by atomic mass is 10.0. The molecule has 0 aliphatic carbocycles. The first-order chi connectivity index (χ1) is 12.2. The Morgan fingerprint density at radius 1 is 1.24 bits per heavy atom. The first kappa shape index (κ1) is 16.0. The Morgan fingerprint density at radius 2 is 2.08 bits per heavy atom. The molecule has 0 radical (unpaired) electrons. The summed E-state index contributed by atoms with van der Waals surface area (Å²) in [5, 5.41) is 8.35. The predicted molar refractivity (Wildman–Crippen MR) is 96.4 cm³/mol. The van der Waals surface area contributed by atoms with Crippen molar-refractivity contribution in [3.63, 3.8) is 0 Å². The topological polar surface area (TPSA) is 71.4 Å². The molecule has 1 aliphatic heterocycles. The molecule has 3 heterocycles. The van der Waals surface area contributed by atoms with Gasteiger partial charge in [0.2, 0.25) is 0 Å². The number of aromatic amines is 1. The molecule has 1 atom stereocenters. The van der Waals surface area contributed by atoms with Crippen molar-refractivity contribution in [2.45, 2.75) is 45.2 Å². The molecule has 6 nitrogen and oxygen atoms in total. The molecular formula is C19H24N6. The number of aryl methyl sites for hydroxylation is 2. The van der Waals surface area contributed by atoms with Crippen molar-refractivity contribution < 1.29 is 0 Å². The molecule has 0 saturated carbocycles. The van der Waals surface area contributed by atoms with Gasteiger partial charge < -0.3 is 10.3 Å². The molecule has 3 aromatic rings. The number of aromatic nitrogens is 5. The lowest BCUT2D eigenvalue weighted by Gasteiger charge is -2.22. The van der Waals surface area contributed by atoms with Gasteiger partial charge in [0.1, 0.15) is 6.04 Å². The molecule has 4 rings (SSSR count). The van der Waals surface area contributed by atoms with Gasteiger partial charge >= 0.3 is 0 Å². The average molecular weight is 336 g/mol. The molecule has 6 heteroatoms. The van der Waals surface area contributed by atoms with Crippen molar-refractivity contribution in [2.75, 3.05) is 6.54 Å². The number of hydrogen-bond acceptors (Lipinski definition) is 4. The number of nitrogens with zero attached hydrogens (tertiary/aromatic N) is 4. The van der Waals surface area contributed by atoms with Gasteiger partial charge in [-0.25, -0.2) is 14.6 Å². The van der Waals surface area contributed by atoms with E-state index in [9.17, 15) is 0 Å². The van der Waals surface area contributed by atoms with E-state index in [2.05, 4.69) is 58.1 Å². The molecule has 1 aromatic carbocycles. The number of nitrogens with one attached hydrogen (secondary N) is 2. The summed E-state index contributed by atoms with van der Waals surface area (Å²) >= 11 is 0. The highest BCUT2D eigenvalue weighted by molar-refractivity contribution is 5.26. The van der Waals surface area contributed by atoms with Gasteiger partial charge in [-0.2, -0.15) is 5.10 Å². The normalized spacial score (nSPS) is 17.0. The Kier molecular flexibility index (Phi) is 4.36. The van der Waals surface area contributed by atoms with Crippen LogP contribution in [-0.4, -0.2) is 31.3 Å². The molecule has 1 aliphatic rings. The van der Waals surface area contributed by atoms with E-state index < -0.39 is 0 Å². The molecule has 0 unspecified atom stereocenters. The SMILES string of the molecule is CC(C)c1nc([C@@H]2NCCc3[nH]cnc32)n(CCc2ccccc2)n1. The summed E-state index contributed by atoms with van der Waals surface area (Å²) in [7, 11) is 0. The van der Waals surface area contributed by atoms with Gasteiger partial charge in [-0.1, -0.05) is 44.2 Å². The second-order valence-electron chi connectivity index (χ2n) is 6.85. The molecular weight excluding hydrogens is 312 g/mol. The number of hydrogen-bond donors (Lipinski definition) is 2. The molecule has 0 saturated heterocycles. The minimum absolute atomic E-state index is 0.00535. The van der Waals surface area contributed by atoms with Gasteiger partial charge in [0.05, 0.1) is 12.0 Å². The van der Waals surface area contributed by atoms with Crippen molar-refractivity contribution in [1.82, 2.24) is 30.0 Å². The van der Waals surface area contributed by atoms with E-state index in [0.717, 1.165) is 43.3 Å². The standard InChI is InChI=1S/C19H24N6/c1-13(2)18-23-19(17-16-15(8-10-20-17)21-12-22-16)25(24-18)11-9-14-6-4-3-5-7-14/h3-7,12-13,17,20H,8-11H2,1-2H3,(H,21,22)/t17-/m1/s1. The third-order valence-corrected chi connectivity index (χ3v) is 4.69. The molecule has 0 bridgehead atoms. The highest BCUT2D eigenvalue weighted by atomic mass is 15.4. The summed E-state index contributed by atoms with van der Waals surface area (Å²) in [6.07, 6.45) is 3.69. The fourth-order valence-electron chi connectivity index (χ4n) is 3.31. The second kappa shape index (κ2) is 6.80. The third-order valence-electron chi connectivity index (χ3n) is 4.69. The van der Waals surface area contributed by atoms with Crippen molar-refractivity contribution in [1.29, 1.82) is 0 Å². The fourth-order valence-corrected chi connectivity index (χ4v) is 3.31. The molecule has 2 N–H and O–H groups in total. The number of benzene rings is 1. The van der Waals surface area contributed by atoms with Gasteiger partial charge in [-0.05, 0) is 12.0 Å². The minimum Gasteiger partial charge on any atom is -0.348 e. The van der Waals surface area contributed by atoms with Crippen LogP contribution in [0.25, 0.3) is 0 Å². The van der Waals surface area contributed by atoms with E-state index in [0.29, 0.717) is 5.92 Å². The van der Waals surface area contributed by atoms with E-state index in [1.165, 1.54) is 11.3 Å². The Balaban J connectivity index is 1.65. The Morgan fingerprint density at radius 3 is 2.88 bits per heavy atom. The van der Waals surface area contributed by atoms with Crippen LogP contribution < -0.4 is 5.32 Å². The number of imidazole rings is 1. The van der Waals surface area contributed by atoms with Gasteiger partial charge in [-0.3, -0.25) is 0 Å². The molecule has 0 spiro atoms. The van der Waals surface area contributed by atoms with E-state index >= 15 is 0 Å². The quantitative estimate of drug-likeness (QED) is 0.751. The largest absolute Gasteiger partial charge is 0.348 e. The first-order valence-electron chi connectivity index (χ1n) is 8.96. The van der Waals surface area contributed by atoms with Gasteiger partial charge in [-0.15, -0.1) is 0 Å². The highest BCUT2D eigenvalue weighted by Gasteiger charge is 2.29. The maximum absolute atomic E-state index is 4.86. The van der Waals surface area contributed by atoms with Gasteiger partial charge in [0, 0.05) is 31.1 Å². The molecule has 0 amide bonds. The van der Waals surface area contributed by atoms with Crippen molar-refractivity contribution in [2.24, 2.45) is 0 Å². The summed E-state index contributed by atoms with van der Waals surface area (Å²) in [5.41, 5.74) is 3.56. The zero-order chi connectivity index (χ0) is 17.2. The molecule has 2 aromatic heterocycles. The predicted octanol–water partition coefficient (Wildman–Crippen LogP) is 2.60. The maximum atomic E-state index is 4.86. The number of H-pyrrole nitrogens is 1. The zero-order valence-corrected chi connectivity index (χ0v) is 14.7. The monoisotopic (exact) mass is 336 g/mol. The molecule has 130 valence electrons. The summed E-state index contributed by atoms with van der Waals surface area (Å²) in [6, 6.07) is 10.5. The Bertz CT molecular complexity index is 833. The van der Waals surface area contributed by atoms with Crippen molar-refractivity contribution in [3.8, 4) is 0 Å². The maximum Gasteiger partial charge on any atom is 0.153 e. The van der Waals surface area contributed by atoms with Crippen LogP contribution in [0.5, 0.6) is 0 Å². The average Bonchev–Trinajstić information content (AvgIpc) is 3.27. The van der Waals surface area contributed by atoms with Crippen molar-refractivity contribution >= 4 is 0 Å². The summed E-state index contributed by atoms with van der Waals surface area (Å²) in [6.45, 7) is 6.00. The fraction of sp³-hybridized carbons (Fsp3) is 0.421. The summed E-state index contributed by atoms with van der Waals surface area (Å²) in [5.74, 6) is 2.17. The number of fused-ring (bicyclic) bond motifs is 1. The van der Waals surface area contributed by atoms with Crippen LogP contribution in [0.2, 0.25) is 0 Å². The Labute approximate surface area is 147 Å². The Hall–Kier alpha value is -2.47. The van der Waals surface area contributed by atoms with Crippen LogP contribution in [-0.2, 0) is 19.4 Å². The zero-order valence-electron chi connectivity index (χ0n) is 14.7. The summed E-state index contributed by atoms with van der Waals surface area (Å²) < 4.78 is 2.06. The second-order valence-corrected chi connectivity index (χ2v) is 6.85. The minimum atomic E-state index is 0.00535. The van der Waals surface area contributed by atoms with Crippen LogP contribution in [0.15, 0.2) is 36.7 Å². The summed E-state index contributed by atoms with van der Waals surface area (Å²) in [4.78, 5) is 12.6.